The van der Waals surface area contributed by atoms with Gasteiger partial charge in [-0.1, -0.05) is 17.7 Å². The number of amides is 2. The number of ether oxygens (including phenoxy) is 1. The van der Waals surface area contributed by atoms with E-state index in [0.717, 1.165) is 43.4 Å². The Morgan fingerprint density at radius 2 is 1.97 bits per heavy atom. The first kappa shape index (κ1) is 20.6. The standard InChI is InChI=1S/C25H30N2O3S/c1-16-3-8-22(17(2)13-16)30-15-21-20-10-12-31-23(20)9-11-26(21)24(28)14-27(19-6-7-19)25(29)18-4-5-18/h3,8,10,12-13,18-19,21H,4-7,9,11,14-15H2,1-2H3/t21-/m0/s1. The van der Waals surface area contributed by atoms with E-state index in [1.807, 2.05) is 15.9 Å². The van der Waals surface area contributed by atoms with Gasteiger partial charge in [0.25, 0.3) is 0 Å². The highest BCUT2D eigenvalue weighted by molar-refractivity contribution is 7.10. The van der Waals surface area contributed by atoms with Gasteiger partial charge in [0, 0.05) is 23.4 Å². The maximum Gasteiger partial charge on any atom is 0.242 e. The van der Waals surface area contributed by atoms with Crippen molar-refractivity contribution in [1.82, 2.24) is 9.80 Å². The van der Waals surface area contributed by atoms with Crippen LogP contribution in [0.3, 0.4) is 0 Å². The van der Waals surface area contributed by atoms with E-state index in [1.54, 1.807) is 11.3 Å². The van der Waals surface area contributed by atoms with Gasteiger partial charge in [-0.15, -0.1) is 11.3 Å². The Morgan fingerprint density at radius 1 is 1.16 bits per heavy atom. The molecule has 6 heteroatoms. The maximum absolute atomic E-state index is 13.4. The number of benzene rings is 1. The second-order valence-corrected chi connectivity index (χ2v) is 10.2. The third-order valence-electron chi connectivity index (χ3n) is 6.65. The molecule has 2 aliphatic carbocycles. The number of hydrogen-bond donors (Lipinski definition) is 0. The zero-order valence-corrected chi connectivity index (χ0v) is 19.1. The van der Waals surface area contributed by atoms with Crippen LogP contribution in [-0.2, 0) is 16.0 Å². The number of carbonyl (C=O) groups excluding carboxylic acids is 2. The number of carbonyl (C=O) groups is 2. The summed E-state index contributed by atoms with van der Waals surface area (Å²) in [6, 6.07) is 8.47. The largest absolute Gasteiger partial charge is 0.491 e. The summed E-state index contributed by atoms with van der Waals surface area (Å²) in [6.07, 6.45) is 4.88. The molecular formula is C25H30N2O3S. The molecule has 5 rings (SSSR count). The summed E-state index contributed by atoms with van der Waals surface area (Å²) in [5, 5.41) is 2.11. The van der Waals surface area contributed by atoms with E-state index in [4.69, 9.17) is 4.74 Å². The summed E-state index contributed by atoms with van der Waals surface area (Å²) in [6.45, 7) is 5.45. The van der Waals surface area contributed by atoms with Gasteiger partial charge in [0.1, 0.15) is 18.9 Å². The third-order valence-corrected chi connectivity index (χ3v) is 7.64. The highest BCUT2D eigenvalue weighted by atomic mass is 32.1. The van der Waals surface area contributed by atoms with E-state index in [2.05, 4.69) is 37.4 Å². The van der Waals surface area contributed by atoms with E-state index < -0.39 is 0 Å². The molecule has 2 fully saturated rings. The van der Waals surface area contributed by atoms with Crippen molar-refractivity contribution in [2.45, 2.75) is 58.0 Å². The Labute approximate surface area is 188 Å². The predicted molar refractivity (Wildman–Crippen MR) is 121 cm³/mol. The van der Waals surface area contributed by atoms with Crippen LogP contribution in [0.4, 0.5) is 0 Å². The van der Waals surface area contributed by atoms with Gasteiger partial charge in [-0.05, 0) is 74.6 Å². The minimum atomic E-state index is -0.111. The number of nitrogens with zero attached hydrogens (tertiary/aromatic N) is 2. The van der Waals surface area contributed by atoms with Crippen LogP contribution in [0, 0.1) is 19.8 Å². The van der Waals surface area contributed by atoms with Crippen LogP contribution in [0.1, 0.15) is 53.3 Å². The van der Waals surface area contributed by atoms with Gasteiger partial charge < -0.3 is 14.5 Å². The predicted octanol–water partition coefficient (Wildman–Crippen LogP) is 4.27. The van der Waals surface area contributed by atoms with Gasteiger partial charge in [0.05, 0.1) is 6.04 Å². The first-order valence-electron chi connectivity index (χ1n) is 11.4. The lowest BCUT2D eigenvalue weighted by atomic mass is 10.00. The Hall–Kier alpha value is -2.34. The Morgan fingerprint density at radius 3 is 2.68 bits per heavy atom. The fourth-order valence-electron chi connectivity index (χ4n) is 4.58. The molecule has 1 atom stereocenters. The molecule has 0 unspecified atom stereocenters. The van der Waals surface area contributed by atoms with Crippen LogP contribution >= 0.6 is 11.3 Å². The van der Waals surface area contributed by atoms with Crippen molar-refractivity contribution in [2.75, 3.05) is 19.7 Å². The van der Waals surface area contributed by atoms with Crippen LogP contribution in [0.5, 0.6) is 5.75 Å². The van der Waals surface area contributed by atoms with Crippen LogP contribution < -0.4 is 4.74 Å². The maximum atomic E-state index is 13.4. The third kappa shape index (κ3) is 4.36. The van der Waals surface area contributed by atoms with Crippen molar-refractivity contribution in [3.05, 3.63) is 51.2 Å². The van der Waals surface area contributed by atoms with E-state index in [-0.39, 0.29) is 36.4 Å². The lowest BCUT2D eigenvalue weighted by molar-refractivity contribution is -0.143. The van der Waals surface area contributed by atoms with Crippen molar-refractivity contribution >= 4 is 23.2 Å². The average Bonchev–Trinajstić information content (AvgIpc) is 3.68. The summed E-state index contributed by atoms with van der Waals surface area (Å²) in [5.41, 5.74) is 3.51. The number of thiophene rings is 1. The molecule has 0 radical (unpaired) electrons. The van der Waals surface area contributed by atoms with Crippen molar-refractivity contribution in [1.29, 1.82) is 0 Å². The summed E-state index contributed by atoms with van der Waals surface area (Å²) in [5.74, 6) is 1.25. The van der Waals surface area contributed by atoms with E-state index in [0.29, 0.717) is 13.2 Å². The summed E-state index contributed by atoms with van der Waals surface area (Å²) >= 11 is 1.76. The van der Waals surface area contributed by atoms with Crippen molar-refractivity contribution < 1.29 is 14.3 Å². The highest BCUT2D eigenvalue weighted by Gasteiger charge is 2.42. The van der Waals surface area contributed by atoms with Gasteiger partial charge in [-0.25, -0.2) is 0 Å². The summed E-state index contributed by atoms with van der Waals surface area (Å²) in [4.78, 5) is 31.3. The molecule has 2 aromatic rings. The molecule has 164 valence electrons. The lowest BCUT2D eigenvalue weighted by Crippen LogP contribution is -2.48. The van der Waals surface area contributed by atoms with Crippen LogP contribution in [-0.4, -0.2) is 47.4 Å². The van der Waals surface area contributed by atoms with E-state index in [9.17, 15) is 9.59 Å². The molecule has 2 heterocycles. The van der Waals surface area contributed by atoms with Gasteiger partial charge >= 0.3 is 0 Å². The highest BCUT2D eigenvalue weighted by Crippen LogP contribution is 2.37. The topological polar surface area (TPSA) is 49.9 Å². The fraction of sp³-hybridized carbons (Fsp3) is 0.520. The second kappa shape index (κ2) is 8.30. The SMILES string of the molecule is Cc1ccc(OC[C@H]2c3ccsc3CCN2C(=O)CN(C(=O)C2CC2)C2CC2)c(C)c1. The fourth-order valence-corrected chi connectivity index (χ4v) is 5.51. The molecule has 0 saturated heterocycles. The molecule has 1 aromatic carbocycles. The molecular weight excluding hydrogens is 408 g/mol. The lowest BCUT2D eigenvalue weighted by Gasteiger charge is -2.37. The van der Waals surface area contributed by atoms with E-state index >= 15 is 0 Å². The first-order valence-corrected chi connectivity index (χ1v) is 12.3. The summed E-state index contributed by atoms with van der Waals surface area (Å²) in [7, 11) is 0. The number of rotatable bonds is 7. The van der Waals surface area contributed by atoms with Crippen molar-refractivity contribution in [3.8, 4) is 5.75 Å². The smallest absolute Gasteiger partial charge is 0.242 e. The van der Waals surface area contributed by atoms with Crippen LogP contribution in [0.15, 0.2) is 29.6 Å². The molecule has 0 N–H and O–H groups in total. The van der Waals surface area contributed by atoms with Crippen molar-refractivity contribution in [2.24, 2.45) is 5.92 Å². The minimum absolute atomic E-state index is 0.0481. The van der Waals surface area contributed by atoms with Crippen molar-refractivity contribution in [3.63, 3.8) is 0 Å². The minimum Gasteiger partial charge on any atom is -0.491 e. The molecule has 2 saturated carbocycles. The van der Waals surface area contributed by atoms with Crippen LogP contribution in [0.25, 0.3) is 0 Å². The Bertz CT molecular complexity index is 992. The molecule has 31 heavy (non-hydrogen) atoms. The zero-order chi connectivity index (χ0) is 21.5. The monoisotopic (exact) mass is 438 g/mol. The van der Waals surface area contributed by atoms with Gasteiger partial charge in [-0.2, -0.15) is 0 Å². The number of hydrogen-bond acceptors (Lipinski definition) is 4. The first-order chi connectivity index (χ1) is 15.0. The molecule has 2 amide bonds. The number of fused-ring (bicyclic) bond motifs is 1. The normalized spacial score (nSPS) is 20.3. The summed E-state index contributed by atoms with van der Waals surface area (Å²) < 4.78 is 6.23. The van der Waals surface area contributed by atoms with Crippen LogP contribution in [0.2, 0.25) is 0 Å². The molecule has 1 aliphatic heterocycles. The van der Waals surface area contributed by atoms with E-state index in [1.165, 1.54) is 16.0 Å². The molecule has 0 spiro atoms. The zero-order valence-electron chi connectivity index (χ0n) is 18.3. The molecule has 5 nitrogen and oxygen atoms in total. The van der Waals surface area contributed by atoms with Gasteiger partial charge in [0.2, 0.25) is 11.8 Å². The second-order valence-electron chi connectivity index (χ2n) is 9.20. The average molecular weight is 439 g/mol. The Kier molecular flexibility index (Phi) is 5.51. The number of aryl methyl sites for hydroxylation is 2. The Balaban J connectivity index is 1.33. The molecule has 3 aliphatic rings. The quantitative estimate of drug-likeness (QED) is 0.649. The molecule has 0 bridgehead atoms. The van der Waals surface area contributed by atoms with Gasteiger partial charge in [-0.3, -0.25) is 9.59 Å². The van der Waals surface area contributed by atoms with Gasteiger partial charge in [0.15, 0.2) is 0 Å². The molecule has 1 aromatic heterocycles.